The summed E-state index contributed by atoms with van der Waals surface area (Å²) in [7, 11) is 1.71. The van der Waals surface area contributed by atoms with Crippen molar-refractivity contribution in [3.63, 3.8) is 0 Å². The number of hydrogen-bond acceptors (Lipinski definition) is 3. The molecule has 0 aromatic heterocycles. The molecule has 3 nitrogen and oxygen atoms in total. The van der Waals surface area contributed by atoms with Crippen LogP contribution in [0.2, 0.25) is 0 Å². The van der Waals surface area contributed by atoms with E-state index in [1.807, 2.05) is 0 Å². The van der Waals surface area contributed by atoms with Gasteiger partial charge >= 0.3 is 0 Å². The molecule has 0 amide bonds. The van der Waals surface area contributed by atoms with Crippen LogP contribution in [0, 0.1) is 19.8 Å². The lowest BCUT2D eigenvalue weighted by Gasteiger charge is -2.29. The van der Waals surface area contributed by atoms with E-state index in [1.54, 1.807) is 7.11 Å². The number of rotatable bonds is 6. The van der Waals surface area contributed by atoms with Crippen LogP contribution in [0.3, 0.4) is 0 Å². The van der Waals surface area contributed by atoms with Gasteiger partial charge in [0, 0.05) is 12.1 Å². The number of methoxy groups -OCH3 is 1. The van der Waals surface area contributed by atoms with Crippen LogP contribution < -0.4 is 10.1 Å². The molecule has 0 radical (unpaired) electrons. The van der Waals surface area contributed by atoms with Gasteiger partial charge in [0.2, 0.25) is 0 Å². The van der Waals surface area contributed by atoms with Crippen LogP contribution in [0.25, 0.3) is 0 Å². The van der Waals surface area contributed by atoms with Crippen molar-refractivity contribution >= 4 is 0 Å². The fourth-order valence-corrected chi connectivity index (χ4v) is 2.82. The molecule has 0 saturated heterocycles. The summed E-state index contributed by atoms with van der Waals surface area (Å²) in [5.74, 6) is 1.59. The van der Waals surface area contributed by atoms with Gasteiger partial charge < -0.3 is 15.2 Å². The maximum Gasteiger partial charge on any atom is 0.124 e. The summed E-state index contributed by atoms with van der Waals surface area (Å²) in [5.41, 5.74) is 3.44. The van der Waals surface area contributed by atoms with E-state index in [-0.39, 0.29) is 12.1 Å². The van der Waals surface area contributed by atoms with E-state index in [4.69, 9.17) is 4.74 Å². The summed E-state index contributed by atoms with van der Waals surface area (Å²) >= 11 is 0. The van der Waals surface area contributed by atoms with Crippen molar-refractivity contribution in [2.24, 2.45) is 5.92 Å². The highest BCUT2D eigenvalue weighted by Gasteiger charge is 2.40. The predicted molar refractivity (Wildman–Crippen MR) is 77.5 cm³/mol. The zero-order valence-electron chi connectivity index (χ0n) is 12.4. The zero-order valence-corrected chi connectivity index (χ0v) is 12.4. The Balaban J connectivity index is 2.07. The fourth-order valence-electron chi connectivity index (χ4n) is 2.82. The van der Waals surface area contributed by atoms with E-state index >= 15 is 0 Å². The SMILES string of the molecule is COc1c(C)cc(CNC(C)(CO)C2CC2)cc1C. The Bertz CT molecular complexity index is 431. The molecule has 3 heteroatoms. The quantitative estimate of drug-likeness (QED) is 0.829. The van der Waals surface area contributed by atoms with Gasteiger partial charge in [0.1, 0.15) is 5.75 Å². The summed E-state index contributed by atoms with van der Waals surface area (Å²) in [6, 6.07) is 4.31. The van der Waals surface area contributed by atoms with Crippen molar-refractivity contribution in [3.05, 3.63) is 28.8 Å². The second kappa shape index (κ2) is 5.51. The van der Waals surface area contributed by atoms with Crippen LogP contribution in [-0.4, -0.2) is 24.4 Å². The minimum atomic E-state index is -0.137. The van der Waals surface area contributed by atoms with Gasteiger partial charge in [0.25, 0.3) is 0 Å². The maximum absolute atomic E-state index is 9.58. The van der Waals surface area contributed by atoms with E-state index in [9.17, 15) is 5.11 Å². The van der Waals surface area contributed by atoms with E-state index in [0.29, 0.717) is 5.92 Å². The number of hydrogen-bond donors (Lipinski definition) is 2. The Morgan fingerprint density at radius 2 is 1.89 bits per heavy atom. The highest BCUT2D eigenvalue weighted by Crippen LogP contribution is 2.39. The molecule has 19 heavy (non-hydrogen) atoms. The monoisotopic (exact) mass is 263 g/mol. The van der Waals surface area contributed by atoms with Crippen LogP contribution in [0.5, 0.6) is 5.75 Å². The van der Waals surface area contributed by atoms with Gasteiger partial charge in [0.15, 0.2) is 0 Å². The zero-order chi connectivity index (χ0) is 14.0. The molecule has 1 aliphatic rings. The average molecular weight is 263 g/mol. The topological polar surface area (TPSA) is 41.5 Å². The molecule has 1 unspecified atom stereocenters. The van der Waals surface area contributed by atoms with E-state index in [2.05, 4.69) is 38.2 Å². The van der Waals surface area contributed by atoms with Gasteiger partial charge in [-0.05, 0) is 56.2 Å². The summed E-state index contributed by atoms with van der Waals surface area (Å²) in [6.07, 6.45) is 2.45. The molecule has 0 spiro atoms. The Hall–Kier alpha value is -1.06. The van der Waals surface area contributed by atoms with Gasteiger partial charge in [-0.3, -0.25) is 0 Å². The number of aliphatic hydroxyl groups excluding tert-OH is 1. The molecule has 1 atom stereocenters. The highest BCUT2D eigenvalue weighted by molar-refractivity contribution is 5.43. The second-order valence-corrected chi connectivity index (χ2v) is 5.97. The van der Waals surface area contributed by atoms with Gasteiger partial charge in [-0.2, -0.15) is 0 Å². The first-order valence-electron chi connectivity index (χ1n) is 7.00. The molecule has 1 aliphatic carbocycles. The van der Waals surface area contributed by atoms with Crippen molar-refractivity contribution < 1.29 is 9.84 Å². The van der Waals surface area contributed by atoms with Crippen LogP contribution in [-0.2, 0) is 6.54 Å². The Labute approximate surface area is 116 Å². The number of aliphatic hydroxyl groups is 1. The molecular weight excluding hydrogens is 238 g/mol. The Morgan fingerprint density at radius 3 is 2.32 bits per heavy atom. The van der Waals surface area contributed by atoms with E-state index in [0.717, 1.165) is 23.4 Å². The molecule has 0 bridgehead atoms. The van der Waals surface area contributed by atoms with Crippen LogP contribution >= 0.6 is 0 Å². The summed E-state index contributed by atoms with van der Waals surface area (Å²) in [6.45, 7) is 7.25. The van der Waals surface area contributed by atoms with E-state index < -0.39 is 0 Å². The van der Waals surface area contributed by atoms with Crippen LogP contribution in [0.15, 0.2) is 12.1 Å². The average Bonchev–Trinajstić information content (AvgIpc) is 3.20. The van der Waals surface area contributed by atoms with Gasteiger partial charge in [-0.15, -0.1) is 0 Å². The third-order valence-electron chi connectivity index (χ3n) is 4.23. The first kappa shape index (κ1) is 14.4. The lowest BCUT2D eigenvalue weighted by Crippen LogP contribution is -2.47. The third-order valence-corrected chi connectivity index (χ3v) is 4.23. The summed E-state index contributed by atoms with van der Waals surface area (Å²) in [4.78, 5) is 0. The van der Waals surface area contributed by atoms with Crippen LogP contribution in [0.1, 0.15) is 36.5 Å². The molecule has 1 saturated carbocycles. The van der Waals surface area contributed by atoms with Crippen molar-refractivity contribution in [2.75, 3.05) is 13.7 Å². The van der Waals surface area contributed by atoms with Crippen LogP contribution in [0.4, 0.5) is 0 Å². The highest BCUT2D eigenvalue weighted by atomic mass is 16.5. The van der Waals surface area contributed by atoms with Gasteiger partial charge in [0.05, 0.1) is 13.7 Å². The molecule has 0 heterocycles. The Kier molecular flexibility index (Phi) is 4.16. The summed E-state index contributed by atoms with van der Waals surface area (Å²) < 4.78 is 5.39. The maximum atomic E-state index is 9.58. The molecule has 1 aromatic rings. The van der Waals surface area contributed by atoms with Gasteiger partial charge in [-0.1, -0.05) is 12.1 Å². The molecule has 2 rings (SSSR count). The predicted octanol–water partition coefficient (Wildman–Crippen LogP) is 2.56. The molecule has 106 valence electrons. The first-order valence-corrected chi connectivity index (χ1v) is 7.00. The number of ether oxygens (including phenoxy) is 1. The number of nitrogens with one attached hydrogen (secondary N) is 1. The molecule has 1 fully saturated rings. The minimum Gasteiger partial charge on any atom is -0.496 e. The normalized spacial score (nSPS) is 18.2. The Morgan fingerprint density at radius 1 is 1.32 bits per heavy atom. The van der Waals surface area contributed by atoms with E-state index in [1.165, 1.54) is 18.4 Å². The number of aryl methyl sites for hydroxylation is 2. The lowest BCUT2D eigenvalue weighted by atomic mass is 9.96. The first-order chi connectivity index (χ1) is 9.00. The third kappa shape index (κ3) is 3.10. The van der Waals surface area contributed by atoms with Crippen molar-refractivity contribution in [3.8, 4) is 5.75 Å². The van der Waals surface area contributed by atoms with Crippen molar-refractivity contribution in [2.45, 2.75) is 45.7 Å². The second-order valence-electron chi connectivity index (χ2n) is 5.97. The lowest BCUT2D eigenvalue weighted by molar-refractivity contribution is 0.153. The van der Waals surface area contributed by atoms with Gasteiger partial charge in [-0.25, -0.2) is 0 Å². The summed E-state index contributed by atoms with van der Waals surface area (Å²) in [5, 5.41) is 13.1. The minimum absolute atomic E-state index is 0.137. The van der Waals surface area contributed by atoms with Crippen molar-refractivity contribution in [1.29, 1.82) is 0 Å². The number of benzene rings is 1. The molecule has 2 N–H and O–H groups in total. The molecular formula is C16H25NO2. The largest absolute Gasteiger partial charge is 0.496 e. The van der Waals surface area contributed by atoms with Crippen molar-refractivity contribution in [1.82, 2.24) is 5.32 Å². The standard InChI is InChI=1S/C16H25NO2/c1-11-7-13(8-12(2)15(11)19-4)9-17-16(3,10-18)14-5-6-14/h7-8,14,17-18H,5-6,9-10H2,1-4H3. The molecule has 0 aliphatic heterocycles. The smallest absolute Gasteiger partial charge is 0.124 e. The molecule has 1 aromatic carbocycles. The fraction of sp³-hybridized carbons (Fsp3) is 0.625.